The molecule has 0 saturated heterocycles. The molecule has 1 aromatic carbocycles. The Morgan fingerprint density at radius 3 is 2.70 bits per heavy atom. The molecule has 1 aliphatic rings. The third-order valence-corrected chi connectivity index (χ3v) is 4.12. The molecule has 4 nitrogen and oxygen atoms in total. The molecule has 1 aliphatic carbocycles. The Labute approximate surface area is 132 Å². The molecule has 0 aromatic heterocycles. The number of amides is 2. The minimum absolute atomic E-state index is 0.0276. The zero-order valence-corrected chi connectivity index (χ0v) is 13.5. The Bertz CT molecular complexity index is 485. The third kappa shape index (κ3) is 4.77. The lowest BCUT2D eigenvalue weighted by Crippen LogP contribution is -2.35. The summed E-state index contributed by atoms with van der Waals surface area (Å²) < 4.78 is 1.02. The van der Waals surface area contributed by atoms with Gasteiger partial charge >= 0.3 is 0 Å². The van der Waals surface area contributed by atoms with E-state index in [2.05, 4.69) is 33.2 Å². The van der Waals surface area contributed by atoms with Crippen molar-refractivity contribution >= 4 is 34.4 Å². The second-order valence-corrected chi connectivity index (χ2v) is 6.31. The van der Waals surface area contributed by atoms with Gasteiger partial charge in [-0.1, -0.05) is 18.9 Å². The number of carbonyl (C=O) groups is 2. The van der Waals surface area contributed by atoms with E-state index in [1.807, 2.05) is 18.2 Å². The standard InChI is InChI=1S/C15H19IN2O2/c16-12-5-3-4-11(10-12)15(20)17-9-8-14(19)18-13-6-1-2-7-13/h3-5,10,13H,1-2,6-9H2,(H,17,20)(H,18,19). The number of hydrogen-bond acceptors (Lipinski definition) is 2. The van der Waals surface area contributed by atoms with Crippen LogP contribution >= 0.6 is 22.6 Å². The molecule has 20 heavy (non-hydrogen) atoms. The van der Waals surface area contributed by atoms with E-state index in [1.54, 1.807) is 6.07 Å². The van der Waals surface area contributed by atoms with Crippen molar-refractivity contribution in [2.75, 3.05) is 6.54 Å². The maximum absolute atomic E-state index is 11.9. The zero-order valence-electron chi connectivity index (χ0n) is 11.3. The summed E-state index contributed by atoms with van der Waals surface area (Å²) in [5.41, 5.74) is 0.633. The Morgan fingerprint density at radius 1 is 1.25 bits per heavy atom. The van der Waals surface area contributed by atoms with Crippen LogP contribution in [0.4, 0.5) is 0 Å². The van der Waals surface area contributed by atoms with Crippen LogP contribution in [0.15, 0.2) is 24.3 Å². The molecule has 0 unspecified atom stereocenters. The van der Waals surface area contributed by atoms with Gasteiger partial charge in [0.1, 0.15) is 0 Å². The number of halogens is 1. The van der Waals surface area contributed by atoms with Crippen LogP contribution in [-0.2, 0) is 4.79 Å². The Hall–Kier alpha value is -1.11. The number of benzene rings is 1. The normalized spacial score (nSPS) is 15.1. The van der Waals surface area contributed by atoms with Gasteiger partial charge in [-0.2, -0.15) is 0 Å². The predicted octanol–water partition coefficient (Wildman–Crippen LogP) is 2.47. The highest BCUT2D eigenvalue weighted by molar-refractivity contribution is 14.1. The average molecular weight is 386 g/mol. The van der Waals surface area contributed by atoms with Crippen LogP contribution < -0.4 is 10.6 Å². The molecule has 108 valence electrons. The topological polar surface area (TPSA) is 58.2 Å². The van der Waals surface area contributed by atoms with E-state index in [4.69, 9.17) is 0 Å². The minimum Gasteiger partial charge on any atom is -0.353 e. The van der Waals surface area contributed by atoms with Crippen LogP contribution in [-0.4, -0.2) is 24.4 Å². The summed E-state index contributed by atoms with van der Waals surface area (Å²) in [4.78, 5) is 23.6. The Balaban J connectivity index is 1.69. The van der Waals surface area contributed by atoms with Gasteiger partial charge in [-0.25, -0.2) is 0 Å². The molecular formula is C15H19IN2O2. The van der Waals surface area contributed by atoms with Gasteiger partial charge in [0.15, 0.2) is 0 Å². The van der Waals surface area contributed by atoms with Crippen molar-refractivity contribution in [3.63, 3.8) is 0 Å². The monoisotopic (exact) mass is 386 g/mol. The number of hydrogen-bond donors (Lipinski definition) is 2. The summed E-state index contributed by atoms with van der Waals surface area (Å²) in [5, 5.41) is 5.79. The highest BCUT2D eigenvalue weighted by atomic mass is 127. The molecule has 2 N–H and O–H groups in total. The van der Waals surface area contributed by atoms with Crippen LogP contribution in [0.25, 0.3) is 0 Å². The Morgan fingerprint density at radius 2 is 2.00 bits per heavy atom. The molecule has 0 aliphatic heterocycles. The summed E-state index contributed by atoms with van der Waals surface area (Å²) in [6, 6.07) is 7.73. The van der Waals surface area contributed by atoms with Gasteiger partial charge in [-0.05, 0) is 53.6 Å². The van der Waals surface area contributed by atoms with Gasteiger partial charge in [-0.3, -0.25) is 9.59 Å². The first-order valence-corrected chi connectivity index (χ1v) is 8.06. The van der Waals surface area contributed by atoms with Gasteiger partial charge in [-0.15, -0.1) is 0 Å². The number of nitrogens with one attached hydrogen (secondary N) is 2. The minimum atomic E-state index is -0.128. The molecule has 2 rings (SSSR count). The van der Waals surface area contributed by atoms with E-state index in [1.165, 1.54) is 12.8 Å². The summed E-state index contributed by atoms with van der Waals surface area (Å²) in [7, 11) is 0. The molecule has 1 fully saturated rings. The fourth-order valence-corrected chi connectivity index (χ4v) is 2.93. The molecule has 0 radical (unpaired) electrons. The molecule has 0 spiro atoms. The average Bonchev–Trinajstić information content (AvgIpc) is 2.91. The van der Waals surface area contributed by atoms with Gasteiger partial charge in [0.25, 0.3) is 5.91 Å². The van der Waals surface area contributed by atoms with Crippen LogP contribution in [0.3, 0.4) is 0 Å². The lowest BCUT2D eigenvalue weighted by Gasteiger charge is -2.12. The number of carbonyl (C=O) groups excluding carboxylic acids is 2. The highest BCUT2D eigenvalue weighted by Crippen LogP contribution is 2.17. The quantitative estimate of drug-likeness (QED) is 0.764. The van der Waals surface area contributed by atoms with Crippen molar-refractivity contribution in [2.24, 2.45) is 0 Å². The summed E-state index contributed by atoms with van der Waals surface area (Å²) >= 11 is 2.17. The second-order valence-electron chi connectivity index (χ2n) is 5.07. The van der Waals surface area contributed by atoms with Crippen LogP contribution in [0, 0.1) is 3.57 Å². The first-order chi connectivity index (χ1) is 9.65. The van der Waals surface area contributed by atoms with Crippen LogP contribution in [0.2, 0.25) is 0 Å². The van der Waals surface area contributed by atoms with E-state index in [-0.39, 0.29) is 11.8 Å². The first-order valence-electron chi connectivity index (χ1n) is 6.98. The van der Waals surface area contributed by atoms with Crippen molar-refractivity contribution in [3.8, 4) is 0 Å². The summed E-state index contributed by atoms with van der Waals surface area (Å²) in [6.07, 6.45) is 4.91. The van der Waals surface area contributed by atoms with Crippen LogP contribution in [0.5, 0.6) is 0 Å². The molecule has 0 heterocycles. The van der Waals surface area contributed by atoms with E-state index in [0.29, 0.717) is 24.6 Å². The zero-order chi connectivity index (χ0) is 14.4. The predicted molar refractivity (Wildman–Crippen MR) is 86.5 cm³/mol. The van der Waals surface area contributed by atoms with E-state index in [0.717, 1.165) is 16.4 Å². The lowest BCUT2D eigenvalue weighted by molar-refractivity contribution is -0.121. The summed E-state index contributed by atoms with van der Waals surface area (Å²) in [5.74, 6) is -0.1000. The molecule has 0 bridgehead atoms. The molecule has 5 heteroatoms. The Kier molecular flexibility index (Phi) is 5.82. The van der Waals surface area contributed by atoms with Crippen molar-refractivity contribution < 1.29 is 9.59 Å². The van der Waals surface area contributed by atoms with Crippen LogP contribution in [0.1, 0.15) is 42.5 Å². The van der Waals surface area contributed by atoms with E-state index in [9.17, 15) is 9.59 Å². The molecule has 1 saturated carbocycles. The van der Waals surface area contributed by atoms with E-state index < -0.39 is 0 Å². The lowest BCUT2D eigenvalue weighted by atomic mass is 10.2. The SMILES string of the molecule is O=C(CCNC(=O)c1cccc(I)c1)NC1CCCC1. The highest BCUT2D eigenvalue weighted by Gasteiger charge is 2.16. The van der Waals surface area contributed by atoms with Crippen molar-refractivity contribution in [1.29, 1.82) is 0 Å². The fraction of sp³-hybridized carbons (Fsp3) is 0.467. The van der Waals surface area contributed by atoms with E-state index >= 15 is 0 Å². The fourth-order valence-electron chi connectivity index (χ4n) is 2.39. The van der Waals surface area contributed by atoms with Gasteiger partial charge in [0.2, 0.25) is 5.91 Å². The van der Waals surface area contributed by atoms with Gasteiger partial charge in [0, 0.05) is 28.1 Å². The first kappa shape index (κ1) is 15.3. The maximum Gasteiger partial charge on any atom is 0.251 e. The largest absolute Gasteiger partial charge is 0.353 e. The van der Waals surface area contributed by atoms with Crippen molar-refractivity contribution in [3.05, 3.63) is 33.4 Å². The maximum atomic E-state index is 11.9. The second kappa shape index (κ2) is 7.61. The summed E-state index contributed by atoms with van der Waals surface area (Å²) in [6.45, 7) is 0.378. The molecule has 1 aromatic rings. The number of rotatable bonds is 5. The molecular weight excluding hydrogens is 367 g/mol. The smallest absolute Gasteiger partial charge is 0.251 e. The molecule has 0 atom stereocenters. The molecule has 2 amide bonds. The third-order valence-electron chi connectivity index (χ3n) is 3.44. The van der Waals surface area contributed by atoms with Crippen molar-refractivity contribution in [2.45, 2.75) is 38.1 Å². The van der Waals surface area contributed by atoms with Gasteiger partial charge < -0.3 is 10.6 Å². The van der Waals surface area contributed by atoms with Gasteiger partial charge in [0.05, 0.1) is 0 Å². The van der Waals surface area contributed by atoms with Crippen molar-refractivity contribution in [1.82, 2.24) is 10.6 Å².